The minimum atomic E-state index is -0.723. The normalized spacial score (nSPS) is 22.5. The van der Waals surface area contributed by atoms with E-state index in [9.17, 15) is 40.9 Å². The Balaban J connectivity index is 1.41. The Bertz CT molecular complexity index is 2330. The summed E-state index contributed by atoms with van der Waals surface area (Å²) in [7, 11) is 0. The van der Waals surface area contributed by atoms with E-state index in [1.54, 1.807) is 84.9 Å². The predicted octanol–water partition coefficient (Wildman–Crippen LogP) is 7.76. The molecule has 0 aromatic heterocycles. The summed E-state index contributed by atoms with van der Waals surface area (Å²) in [6.45, 7) is 0. The number of hydrogen-bond acceptors (Lipinski definition) is 9. The van der Waals surface area contributed by atoms with Gasteiger partial charge in [0.15, 0.2) is 0 Å². The summed E-state index contributed by atoms with van der Waals surface area (Å²) in [5.74, 6) is -2.59. The van der Waals surface area contributed by atoms with Crippen LogP contribution in [0.5, 0.6) is 51.7 Å². The monoisotopic (exact) mass is 680 g/mol. The molecule has 9 rings (SSSR count). The molecule has 8 N–H and O–H groups in total. The lowest BCUT2D eigenvalue weighted by Crippen LogP contribution is -2.27. The van der Waals surface area contributed by atoms with E-state index in [4.69, 9.17) is 4.74 Å². The van der Waals surface area contributed by atoms with Crippen LogP contribution in [0.1, 0.15) is 85.8 Å². The molecule has 6 aromatic carbocycles. The molecule has 0 saturated carbocycles. The number of aromatic hydroxyl groups is 8. The molecule has 0 spiro atoms. The van der Waals surface area contributed by atoms with E-state index >= 15 is 0 Å². The molecule has 1 unspecified atom stereocenters. The molecule has 2 aliphatic carbocycles. The SMILES string of the molecule is Oc1ccc([C@H]2c3c(O)cc4c(c3C3c5c(O)cc(O)cc5[C@@H]2[C@@H]3c2ccc(O)cc2)[C@H](c2cc(O)cc(O)c2)[C@H](c2ccc(O)cc2)O4)cc1. The van der Waals surface area contributed by atoms with Crippen LogP contribution in [0.15, 0.2) is 109 Å². The van der Waals surface area contributed by atoms with Crippen molar-refractivity contribution in [3.8, 4) is 51.7 Å². The molecule has 3 aliphatic rings. The Hall–Kier alpha value is -6.48. The first-order valence-electron chi connectivity index (χ1n) is 16.6. The van der Waals surface area contributed by atoms with Gasteiger partial charge in [0.25, 0.3) is 0 Å². The van der Waals surface area contributed by atoms with Crippen LogP contribution in [-0.4, -0.2) is 40.9 Å². The smallest absolute Gasteiger partial charge is 0.135 e. The van der Waals surface area contributed by atoms with Gasteiger partial charge in [-0.3, -0.25) is 0 Å². The minimum Gasteiger partial charge on any atom is -0.508 e. The van der Waals surface area contributed by atoms with Crippen molar-refractivity contribution >= 4 is 0 Å². The third kappa shape index (κ3) is 4.61. The van der Waals surface area contributed by atoms with Gasteiger partial charge in [0.05, 0.1) is 5.92 Å². The topological polar surface area (TPSA) is 171 Å². The fraction of sp³-hybridized carbons (Fsp3) is 0.143. The zero-order valence-corrected chi connectivity index (χ0v) is 26.8. The van der Waals surface area contributed by atoms with E-state index in [1.165, 1.54) is 12.1 Å². The van der Waals surface area contributed by atoms with Gasteiger partial charge >= 0.3 is 0 Å². The molecule has 51 heavy (non-hydrogen) atoms. The van der Waals surface area contributed by atoms with Gasteiger partial charge in [-0.25, -0.2) is 0 Å². The van der Waals surface area contributed by atoms with E-state index in [0.717, 1.165) is 11.1 Å². The fourth-order valence-electron chi connectivity index (χ4n) is 9.08. The number of rotatable bonds is 4. The van der Waals surface area contributed by atoms with Crippen molar-refractivity contribution in [1.82, 2.24) is 0 Å². The molecule has 6 atom stereocenters. The van der Waals surface area contributed by atoms with Crippen molar-refractivity contribution in [3.05, 3.63) is 159 Å². The molecular weight excluding hydrogens is 648 g/mol. The van der Waals surface area contributed by atoms with Gasteiger partial charge in [0, 0.05) is 58.6 Å². The first kappa shape index (κ1) is 30.6. The molecule has 0 radical (unpaired) electrons. The van der Waals surface area contributed by atoms with Crippen LogP contribution in [-0.2, 0) is 0 Å². The van der Waals surface area contributed by atoms with Gasteiger partial charge in [-0.05, 0) is 88.0 Å². The standard InChI is InChI=1S/C42H32O9/c43-23-7-1-19(2-8-23)33-37-29-16-28(48)17-30(49)36(29)40(34(37)20-3-9-24(44)10-4-20)41-38(33)31(50)18-32-39(41)35(22-13-26(46)15-27(47)14-22)42(51-32)21-5-11-25(45)12-6-21/h1-18,33-35,37,40,42-50H/t33-,34+,35+,37+,40?,42+/m1/s1. The highest BCUT2D eigenvalue weighted by atomic mass is 16.5. The van der Waals surface area contributed by atoms with Gasteiger partial charge < -0.3 is 45.6 Å². The van der Waals surface area contributed by atoms with E-state index in [1.807, 2.05) is 12.1 Å². The summed E-state index contributed by atoms with van der Waals surface area (Å²) in [5.41, 5.74) is 6.09. The summed E-state index contributed by atoms with van der Waals surface area (Å²) in [6.07, 6.45) is -0.723. The van der Waals surface area contributed by atoms with Crippen LogP contribution in [0, 0.1) is 0 Å². The summed E-state index contributed by atoms with van der Waals surface area (Å²) in [5, 5.41) is 86.9. The highest BCUT2D eigenvalue weighted by molar-refractivity contribution is 5.73. The number of phenolic OH excluding ortho intramolecular Hbond substituents is 8. The maximum atomic E-state index is 12.1. The Morgan fingerprint density at radius 1 is 0.353 bits per heavy atom. The number of phenols is 8. The molecule has 0 saturated heterocycles. The highest BCUT2D eigenvalue weighted by Gasteiger charge is 2.56. The zero-order chi connectivity index (χ0) is 35.3. The van der Waals surface area contributed by atoms with Gasteiger partial charge in [-0.1, -0.05) is 36.4 Å². The predicted molar refractivity (Wildman–Crippen MR) is 186 cm³/mol. The Labute approximate surface area is 291 Å². The Morgan fingerprint density at radius 2 is 0.882 bits per heavy atom. The highest BCUT2D eigenvalue weighted by Crippen LogP contribution is 2.71. The molecule has 9 heteroatoms. The van der Waals surface area contributed by atoms with Gasteiger partial charge in [-0.15, -0.1) is 0 Å². The summed E-state index contributed by atoms with van der Waals surface area (Å²) >= 11 is 0. The van der Waals surface area contributed by atoms with E-state index in [0.29, 0.717) is 44.7 Å². The molecule has 2 bridgehead atoms. The summed E-state index contributed by atoms with van der Waals surface area (Å²) in [6, 6.07) is 29.2. The number of ether oxygens (including phenoxy) is 1. The lowest BCUT2D eigenvalue weighted by molar-refractivity contribution is 0.221. The molecule has 9 nitrogen and oxygen atoms in total. The maximum Gasteiger partial charge on any atom is 0.135 e. The Morgan fingerprint density at radius 3 is 1.49 bits per heavy atom. The number of benzene rings is 6. The summed E-state index contributed by atoms with van der Waals surface area (Å²) < 4.78 is 6.71. The lowest BCUT2D eigenvalue weighted by Gasteiger charge is -2.41. The van der Waals surface area contributed by atoms with Crippen LogP contribution in [0.4, 0.5) is 0 Å². The van der Waals surface area contributed by atoms with Crippen molar-refractivity contribution in [1.29, 1.82) is 0 Å². The largest absolute Gasteiger partial charge is 0.508 e. The molecule has 254 valence electrons. The van der Waals surface area contributed by atoms with E-state index < -0.39 is 29.8 Å². The van der Waals surface area contributed by atoms with Crippen molar-refractivity contribution in [3.63, 3.8) is 0 Å². The first-order chi connectivity index (χ1) is 24.6. The molecule has 0 amide bonds. The quantitative estimate of drug-likeness (QED) is 0.0927. The van der Waals surface area contributed by atoms with Crippen LogP contribution in [0.2, 0.25) is 0 Å². The lowest BCUT2D eigenvalue weighted by atomic mass is 9.61. The third-order valence-corrected chi connectivity index (χ3v) is 10.9. The molecule has 1 aliphatic heterocycles. The van der Waals surface area contributed by atoms with Crippen LogP contribution >= 0.6 is 0 Å². The second-order valence-electron chi connectivity index (χ2n) is 13.7. The molecule has 1 heterocycles. The summed E-state index contributed by atoms with van der Waals surface area (Å²) in [4.78, 5) is 0. The van der Waals surface area contributed by atoms with Gasteiger partial charge in [-0.2, -0.15) is 0 Å². The van der Waals surface area contributed by atoms with Crippen LogP contribution in [0.3, 0.4) is 0 Å². The van der Waals surface area contributed by atoms with Crippen LogP contribution < -0.4 is 4.74 Å². The van der Waals surface area contributed by atoms with E-state index in [2.05, 4.69) is 0 Å². The molecular formula is C42H32O9. The second kappa shape index (κ2) is 11.0. The molecule has 0 fully saturated rings. The number of fused-ring (bicyclic) bond motifs is 9. The van der Waals surface area contributed by atoms with Crippen molar-refractivity contribution < 1.29 is 45.6 Å². The van der Waals surface area contributed by atoms with Crippen molar-refractivity contribution in [2.24, 2.45) is 0 Å². The average molecular weight is 681 g/mol. The first-order valence-corrected chi connectivity index (χ1v) is 16.6. The Kier molecular flexibility index (Phi) is 6.60. The van der Waals surface area contributed by atoms with Crippen LogP contribution in [0.25, 0.3) is 0 Å². The van der Waals surface area contributed by atoms with Crippen molar-refractivity contribution in [2.75, 3.05) is 0 Å². The zero-order valence-electron chi connectivity index (χ0n) is 26.8. The van der Waals surface area contributed by atoms with Crippen molar-refractivity contribution in [2.45, 2.75) is 35.7 Å². The minimum absolute atomic E-state index is 0.0404. The van der Waals surface area contributed by atoms with Gasteiger partial charge in [0.1, 0.15) is 57.8 Å². The third-order valence-electron chi connectivity index (χ3n) is 10.9. The second-order valence-corrected chi connectivity index (χ2v) is 13.7. The number of hydrogen-bond donors (Lipinski definition) is 8. The fourth-order valence-corrected chi connectivity index (χ4v) is 9.08. The maximum absolute atomic E-state index is 12.1. The molecule has 6 aromatic rings. The van der Waals surface area contributed by atoms with Gasteiger partial charge in [0.2, 0.25) is 0 Å². The average Bonchev–Trinajstić information content (AvgIpc) is 3.59. The van der Waals surface area contributed by atoms with E-state index in [-0.39, 0.29) is 51.9 Å².